The van der Waals surface area contributed by atoms with Gasteiger partial charge < -0.3 is 4.90 Å². The Morgan fingerprint density at radius 2 is 2.10 bits per heavy atom. The molecule has 2 aromatic rings. The smallest absolute Gasteiger partial charge is 0.312 e. The van der Waals surface area contributed by atoms with Crippen LogP contribution in [0.4, 0.5) is 11.5 Å². The maximum Gasteiger partial charge on any atom is 0.312 e. The molecule has 5 nitrogen and oxygen atoms in total. The molecule has 1 aliphatic rings. The minimum absolute atomic E-state index is 0.0483. The second-order valence-corrected chi connectivity index (χ2v) is 5.93. The van der Waals surface area contributed by atoms with Gasteiger partial charge in [-0.1, -0.05) is 30.3 Å². The molecule has 0 aliphatic carbocycles. The lowest BCUT2D eigenvalue weighted by atomic mass is 10.0. The molecule has 0 N–H and O–H groups in total. The van der Waals surface area contributed by atoms with Gasteiger partial charge in [0.2, 0.25) is 5.82 Å². The van der Waals surface area contributed by atoms with Gasteiger partial charge in [0.15, 0.2) is 0 Å². The van der Waals surface area contributed by atoms with Crippen LogP contribution < -0.4 is 4.90 Å². The van der Waals surface area contributed by atoms with E-state index in [1.807, 2.05) is 23.1 Å². The van der Waals surface area contributed by atoms with Crippen molar-refractivity contribution < 1.29 is 4.92 Å². The van der Waals surface area contributed by atoms with Crippen LogP contribution in [0.2, 0.25) is 0 Å². The number of hydrogen-bond acceptors (Lipinski definition) is 4. The fourth-order valence-corrected chi connectivity index (χ4v) is 3.14. The first-order valence-corrected chi connectivity index (χ1v) is 7.57. The number of nitro groups is 1. The molecule has 0 amide bonds. The Balaban J connectivity index is 2.01. The van der Waals surface area contributed by atoms with Crippen LogP contribution in [0.25, 0.3) is 0 Å². The van der Waals surface area contributed by atoms with Gasteiger partial charge in [-0.05, 0) is 34.3 Å². The van der Waals surface area contributed by atoms with Crippen molar-refractivity contribution in [2.45, 2.75) is 18.9 Å². The lowest BCUT2D eigenvalue weighted by molar-refractivity contribution is -0.384. The van der Waals surface area contributed by atoms with E-state index in [2.05, 4.69) is 33.0 Å². The standard InChI is InChI=1S/C15H14BrN3O2/c16-12-9-14(19(20)21)15(17-10-12)18-8-4-7-13(18)11-5-2-1-3-6-11/h1-3,5-6,9-10,13H,4,7-8H2. The van der Waals surface area contributed by atoms with Crippen LogP contribution in [-0.2, 0) is 0 Å². The molecule has 0 spiro atoms. The zero-order chi connectivity index (χ0) is 14.8. The Hall–Kier alpha value is -1.95. The molecule has 1 aromatic heterocycles. The first-order chi connectivity index (χ1) is 10.2. The average Bonchev–Trinajstić information content (AvgIpc) is 2.97. The van der Waals surface area contributed by atoms with E-state index in [1.165, 1.54) is 11.6 Å². The maximum atomic E-state index is 11.3. The molecule has 1 aliphatic heterocycles. The van der Waals surface area contributed by atoms with Gasteiger partial charge >= 0.3 is 5.69 Å². The summed E-state index contributed by atoms with van der Waals surface area (Å²) in [5.41, 5.74) is 1.22. The number of aromatic nitrogens is 1. The normalized spacial score (nSPS) is 18.0. The monoisotopic (exact) mass is 347 g/mol. The quantitative estimate of drug-likeness (QED) is 0.619. The summed E-state index contributed by atoms with van der Waals surface area (Å²) >= 11 is 3.25. The van der Waals surface area contributed by atoms with Crippen LogP contribution in [0.15, 0.2) is 47.1 Å². The third kappa shape index (κ3) is 2.76. The van der Waals surface area contributed by atoms with Gasteiger partial charge in [-0.15, -0.1) is 0 Å². The van der Waals surface area contributed by atoms with Crippen LogP contribution in [0.1, 0.15) is 24.4 Å². The van der Waals surface area contributed by atoms with E-state index in [4.69, 9.17) is 0 Å². The fraction of sp³-hybridized carbons (Fsp3) is 0.267. The van der Waals surface area contributed by atoms with Gasteiger partial charge in [-0.25, -0.2) is 4.98 Å². The van der Waals surface area contributed by atoms with Crippen molar-refractivity contribution in [1.29, 1.82) is 0 Å². The van der Waals surface area contributed by atoms with Crippen LogP contribution >= 0.6 is 15.9 Å². The molecule has 3 rings (SSSR count). The second kappa shape index (κ2) is 5.81. The van der Waals surface area contributed by atoms with E-state index in [9.17, 15) is 10.1 Å². The Morgan fingerprint density at radius 3 is 2.81 bits per heavy atom. The molecule has 2 heterocycles. The van der Waals surface area contributed by atoms with E-state index in [-0.39, 0.29) is 16.7 Å². The van der Waals surface area contributed by atoms with Gasteiger partial charge in [-0.2, -0.15) is 0 Å². The summed E-state index contributed by atoms with van der Waals surface area (Å²) in [7, 11) is 0. The molecule has 1 unspecified atom stereocenters. The number of halogens is 1. The summed E-state index contributed by atoms with van der Waals surface area (Å²) in [6.45, 7) is 0.787. The molecular formula is C15H14BrN3O2. The van der Waals surface area contributed by atoms with Crippen molar-refractivity contribution in [2.75, 3.05) is 11.4 Å². The van der Waals surface area contributed by atoms with E-state index in [0.717, 1.165) is 19.4 Å². The molecule has 1 atom stereocenters. The zero-order valence-corrected chi connectivity index (χ0v) is 12.9. The molecule has 1 aromatic carbocycles. The summed E-state index contributed by atoms with van der Waals surface area (Å²) < 4.78 is 0.619. The first-order valence-electron chi connectivity index (χ1n) is 6.78. The van der Waals surface area contributed by atoms with E-state index < -0.39 is 0 Å². The third-order valence-corrected chi connectivity index (χ3v) is 4.15. The summed E-state index contributed by atoms with van der Waals surface area (Å²) in [4.78, 5) is 17.3. The number of nitrogens with zero attached hydrogens (tertiary/aromatic N) is 3. The summed E-state index contributed by atoms with van der Waals surface area (Å²) in [6, 6.07) is 11.8. The number of anilines is 1. The minimum atomic E-state index is -0.368. The van der Waals surface area contributed by atoms with Gasteiger partial charge in [0.1, 0.15) is 0 Å². The molecule has 1 saturated heterocycles. The van der Waals surface area contributed by atoms with E-state index in [1.54, 1.807) is 6.20 Å². The first kappa shape index (κ1) is 14.0. The van der Waals surface area contributed by atoms with Gasteiger partial charge in [-0.3, -0.25) is 10.1 Å². The topological polar surface area (TPSA) is 59.3 Å². The van der Waals surface area contributed by atoms with Crippen molar-refractivity contribution in [3.63, 3.8) is 0 Å². The largest absolute Gasteiger partial charge is 0.344 e. The van der Waals surface area contributed by atoms with E-state index >= 15 is 0 Å². The van der Waals surface area contributed by atoms with Gasteiger partial charge in [0, 0.05) is 23.3 Å². The Kier molecular flexibility index (Phi) is 3.88. The highest BCUT2D eigenvalue weighted by molar-refractivity contribution is 9.10. The van der Waals surface area contributed by atoms with Crippen molar-refractivity contribution in [3.8, 4) is 0 Å². The molecule has 0 radical (unpaired) electrons. The van der Waals surface area contributed by atoms with Gasteiger partial charge in [0.05, 0.1) is 11.0 Å². The zero-order valence-electron chi connectivity index (χ0n) is 11.3. The predicted molar refractivity (Wildman–Crippen MR) is 84.4 cm³/mol. The summed E-state index contributed by atoms with van der Waals surface area (Å²) in [6.07, 6.45) is 3.61. The van der Waals surface area contributed by atoms with Crippen LogP contribution in [-0.4, -0.2) is 16.5 Å². The lowest BCUT2D eigenvalue weighted by Gasteiger charge is -2.25. The highest BCUT2D eigenvalue weighted by Crippen LogP contribution is 2.39. The SMILES string of the molecule is O=[N+]([O-])c1cc(Br)cnc1N1CCCC1c1ccccc1. The number of rotatable bonds is 3. The molecule has 1 fully saturated rings. The minimum Gasteiger partial charge on any atom is -0.344 e. The highest BCUT2D eigenvalue weighted by Gasteiger charge is 2.31. The highest BCUT2D eigenvalue weighted by atomic mass is 79.9. The molecule has 21 heavy (non-hydrogen) atoms. The molecular weight excluding hydrogens is 334 g/mol. The molecule has 108 valence electrons. The Morgan fingerprint density at radius 1 is 1.33 bits per heavy atom. The molecule has 0 bridgehead atoms. The summed E-state index contributed by atoms with van der Waals surface area (Å²) in [5, 5.41) is 11.3. The Labute approximate surface area is 130 Å². The van der Waals surface area contributed by atoms with Crippen LogP contribution in [0.3, 0.4) is 0 Å². The van der Waals surface area contributed by atoms with Gasteiger partial charge in [0.25, 0.3) is 0 Å². The molecule has 0 saturated carbocycles. The molecule has 6 heteroatoms. The van der Waals surface area contributed by atoms with Crippen molar-refractivity contribution in [2.24, 2.45) is 0 Å². The average molecular weight is 348 g/mol. The van der Waals surface area contributed by atoms with Crippen molar-refractivity contribution in [1.82, 2.24) is 4.98 Å². The number of pyridine rings is 1. The second-order valence-electron chi connectivity index (χ2n) is 5.02. The fourth-order valence-electron chi connectivity index (χ4n) is 2.82. The lowest BCUT2D eigenvalue weighted by Crippen LogP contribution is -2.24. The van der Waals surface area contributed by atoms with Crippen molar-refractivity contribution >= 4 is 27.4 Å². The van der Waals surface area contributed by atoms with Crippen LogP contribution in [0.5, 0.6) is 0 Å². The summed E-state index contributed by atoms with van der Waals surface area (Å²) in [5.74, 6) is 0.453. The third-order valence-electron chi connectivity index (χ3n) is 3.72. The number of benzene rings is 1. The maximum absolute atomic E-state index is 11.3. The van der Waals surface area contributed by atoms with E-state index in [0.29, 0.717) is 10.3 Å². The number of hydrogen-bond donors (Lipinski definition) is 0. The predicted octanol–water partition coefficient (Wildman–Crippen LogP) is 4.09. The van der Waals surface area contributed by atoms with Crippen molar-refractivity contribution in [3.05, 3.63) is 62.7 Å². The van der Waals surface area contributed by atoms with Crippen LogP contribution in [0, 0.1) is 10.1 Å². The Bertz CT molecular complexity index is 663.